The van der Waals surface area contributed by atoms with Crippen LogP contribution in [0, 0.1) is 0 Å². The van der Waals surface area contributed by atoms with Gasteiger partial charge >= 0.3 is 0 Å². The molecule has 0 atom stereocenters. The molecule has 18 heavy (non-hydrogen) atoms. The van der Waals surface area contributed by atoms with Gasteiger partial charge in [-0.1, -0.05) is 0 Å². The highest BCUT2D eigenvalue weighted by Gasteiger charge is 2.16. The van der Waals surface area contributed by atoms with Crippen LogP contribution in [0.15, 0.2) is 12.1 Å². The first-order valence-corrected chi connectivity index (χ1v) is 6.29. The number of benzene rings is 1. The molecule has 2 aromatic rings. The number of H-pyrrole nitrogens is 1. The molecule has 3 rings (SSSR count). The third-order valence-corrected chi connectivity index (χ3v) is 3.58. The lowest BCUT2D eigenvalue weighted by Gasteiger charge is -2.07. The minimum Gasteiger partial charge on any atom is -0.493 e. The Bertz CT molecular complexity index is 575. The molecule has 0 saturated heterocycles. The smallest absolute Gasteiger partial charge is 0.162 e. The number of fused-ring (bicyclic) bond motifs is 3. The van der Waals surface area contributed by atoms with Crippen LogP contribution >= 0.6 is 0 Å². The average Bonchev–Trinajstić information content (AvgIpc) is 2.58. The quantitative estimate of drug-likeness (QED) is 0.854. The summed E-state index contributed by atoms with van der Waals surface area (Å²) in [5, 5.41) is 4.68. The molecule has 4 heteroatoms. The van der Waals surface area contributed by atoms with Crippen LogP contribution in [0.1, 0.15) is 17.7 Å². The van der Waals surface area contributed by atoms with Gasteiger partial charge in [0.2, 0.25) is 0 Å². The Morgan fingerprint density at radius 2 is 1.89 bits per heavy atom. The molecule has 0 aliphatic carbocycles. The fourth-order valence-corrected chi connectivity index (χ4v) is 2.67. The lowest BCUT2D eigenvalue weighted by atomic mass is 10.1. The van der Waals surface area contributed by atoms with E-state index in [0.717, 1.165) is 36.5 Å². The standard InChI is InChI=1S/C14H18N2O2/c1-17-13-6-10-9-4-3-5-15-8-12(9)16-11(10)7-14(13)18-2/h6-7,15-16H,3-5,8H2,1-2H3. The fourth-order valence-electron chi connectivity index (χ4n) is 2.67. The highest BCUT2D eigenvalue weighted by atomic mass is 16.5. The molecular formula is C14H18N2O2. The highest BCUT2D eigenvalue weighted by Crippen LogP contribution is 2.35. The largest absolute Gasteiger partial charge is 0.493 e. The molecule has 0 unspecified atom stereocenters. The summed E-state index contributed by atoms with van der Waals surface area (Å²) in [6, 6.07) is 4.09. The molecule has 1 aliphatic heterocycles. The Hall–Kier alpha value is -1.68. The van der Waals surface area contributed by atoms with Gasteiger partial charge in [0.1, 0.15) is 0 Å². The second-order valence-electron chi connectivity index (χ2n) is 4.62. The summed E-state index contributed by atoms with van der Waals surface area (Å²) >= 11 is 0. The second kappa shape index (κ2) is 4.53. The summed E-state index contributed by atoms with van der Waals surface area (Å²) in [4.78, 5) is 3.48. The third kappa shape index (κ3) is 1.73. The van der Waals surface area contributed by atoms with E-state index in [-0.39, 0.29) is 0 Å². The molecule has 96 valence electrons. The van der Waals surface area contributed by atoms with E-state index >= 15 is 0 Å². The zero-order valence-corrected chi connectivity index (χ0v) is 10.8. The van der Waals surface area contributed by atoms with Gasteiger partial charge in [-0.05, 0) is 31.0 Å². The van der Waals surface area contributed by atoms with Crippen molar-refractivity contribution in [3.8, 4) is 11.5 Å². The Balaban J connectivity index is 2.20. The van der Waals surface area contributed by atoms with Gasteiger partial charge < -0.3 is 19.8 Å². The van der Waals surface area contributed by atoms with Crippen molar-refractivity contribution in [1.29, 1.82) is 0 Å². The van der Waals surface area contributed by atoms with Crippen molar-refractivity contribution in [2.75, 3.05) is 20.8 Å². The van der Waals surface area contributed by atoms with E-state index in [4.69, 9.17) is 9.47 Å². The summed E-state index contributed by atoms with van der Waals surface area (Å²) in [5.74, 6) is 1.57. The zero-order chi connectivity index (χ0) is 12.5. The number of ether oxygens (including phenoxy) is 2. The van der Waals surface area contributed by atoms with Gasteiger partial charge in [0.25, 0.3) is 0 Å². The predicted molar refractivity (Wildman–Crippen MR) is 71.4 cm³/mol. The number of rotatable bonds is 2. The van der Waals surface area contributed by atoms with Gasteiger partial charge in [-0.25, -0.2) is 0 Å². The molecule has 0 radical (unpaired) electrons. The maximum absolute atomic E-state index is 5.38. The molecule has 1 aromatic heterocycles. The topological polar surface area (TPSA) is 46.3 Å². The van der Waals surface area contributed by atoms with Crippen molar-refractivity contribution in [3.63, 3.8) is 0 Å². The first-order valence-electron chi connectivity index (χ1n) is 6.29. The SMILES string of the molecule is COc1cc2[nH]c3c(c2cc1OC)CCCNC3. The number of hydrogen-bond donors (Lipinski definition) is 2. The van der Waals surface area contributed by atoms with Crippen LogP contribution < -0.4 is 14.8 Å². The molecule has 0 amide bonds. The molecule has 0 saturated carbocycles. The molecule has 4 nitrogen and oxygen atoms in total. The predicted octanol–water partition coefficient (Wildman–Crippen LogP) is 2.22. The van der Waals surface area contributed by atoms with Crippen molar-refractivity contribution >= 4 is 10.9 Å². The summed E-state index contributed by atoms with van der Waals surface area (Å²) in [7, 11) is 3.34. The Kier molecular flexibility index (Phi) is 2.88. The summed E-state index contributed by atoms with van der Waals surface area (Å²) in [6.07, 6.45) is 2.28. The Morgan fingerprint density at radius 3 is 2.67 bits per heavy atom. The molecule has 0 fully saturated rings. The van der Waals surface area contributed by atoms with E-state index in [9.17, 15) is 0 Å². The number of aryl methyl sites for hydroxylation is 1. The lowest BCUT2D eigenvalue weighted by molar-refractivity contribution is 0.356. The number of hydrogen-bond acceptors (Lipinski definition) is 3. The third-order valence-electron chi connectivity index (χ3n) is 3.58. The van der Waals surface area contributed by atoms with Gasteiger partial charge in [0.15, 0.2) is 11.5 Å². The average molecular weight is 246 g/mol. The van der Waals surface area contributed by atoms with Crippen molar-refractivity contribution in [2.24, 2.45) is 0 Å². The summed E-state index contributed by atoms with van der Waals surface area (Å²) in [5.41, 5.74) is 3.83. The van der Waals surface area contributed by atoms with Crippen molar-refractivity contribution in [3.05, 3.63) is 23.4 Å². The summed E-state index contributed by atoms with van der Waals surface area (Å²) in [6.45, 7) is 1.99. The van der Waals surface area contributed by atoms with Crippen LogP contribution in [0.2, 0.25) is 0 Å². The van der Waals surface area contributed by atoms with Crippen LogP contribution in [-0.4, -0.2) is 25.7 Å². The fraction of sp³-hybridized carbons (Fsp3) is 0.429. The van der Waals surface area contributed by atoms with E-state index in [1.807, 2.05) is 6.07 Å². The Morgan fingerprint density at radius 1 is 1.11 bits per heavy atom. The molecule has 1 aliphatic rings. The maximum atomic E-state index is 5.38. The van der Waals surface area contributed by atoms with Crippen molar-refractivity contribution in [2.45, 2.75) is 19.4 Å². The maximum Gasteiger partial charge on any atom is 0.162 e. The number of methoxy groups -OCH3 is 2. The first-order chi connectivity index (χ1) is 8.83. The number of aromatic amines is 1. The van der Waals surface area contributed by atoms with E-state index < -0.39 is 0 Å². The zero-order valence-electron chi connectivity index (χ0n) is 10.8. The number of aromatic nitrogens is 1. The molecule has 0 spiro atoms. The van der Waals surface area contributed by atoms with E-state index in [1.54, 1.807) is 14.2 Å². The Labute approximate surface area is 106 Å². The monoisotopic (exact) mass is 246 g/mol. The molecule has 2 N–H and O–H groups in total. The van der Waals surface area contributed by atoms with Gasteiger partial charge in [0.05, 0.1) is 14.2 Å². The van der Waals surface area contributed by atoms with Crippen molar-refractivity contribution < 1.29 is 9.47 Å². The van der Waals surface area contributed by atoms with Gasteiger partial charge in [-0.2, -0.15) is 0 Å². The van der Waals surface area contributed by atoms with Gasteiger partial charge in [-0.15, -0.1) is 0 Å². The molecular weight excluding hydrogens is 228 g/mol. The summed E-state index contributed by atoms with van der Waals surface area (Å²) < 4.78 is 10.7. The van der Waals surface area contributed by atoms with E-state index in [2.05, 4.69) is 16.4 Å². The van der Waals surface area contributed by atoms with Crippen LogP contribution in [-0.2, 0) is 13.0 Å². The second-order valence-corrected chi connectivity index (χ2v) is 4.62. The first kappa shape index (κ1) is 11.4. The molecule has 1 aromatic carbocycles. The van der Waals surface area contributed by atoms with Crippen LogP contribution in [0.4, 0.5) is 0 Å². The molecule has 0 bridgehead atoms. The van der Waals surface area contributed by atoms with Gasteiger partial charge in [-0.3, -0.25) is 0 Å². The van der Waals surface area contributed by atoms with E-state index in [0.29, 0.717) is 0 Å². The lowest BCUT2D eigenvalue weighted by Crippen LogP contribution is -2.12. The minimum absolute atomic E-state index is 0.773. The molecule has 2 heterocycles. The van der Waals surface area contributed by atoms with E-state index in [1.165, 1.54) is 23.1 Å². The highest BCUT2D eigenvalue weighted by molar-refractivity contribution is 5.88. The minimum atomic E-state index is 0.773. The van der Waals surface area contributed by atoms with Crippen LogP contribution in [0.25, 0.3) is 10.9 Å². The number of nitrogens with one attached hydrogen (secondary N) is 2. The van der Waals surface area contributed by atoms with Gasteiger partial charge in [0, 0.05) is 29.2 Å². The van der Waals surface area contributed by atoms with Crippen LogP contribution in [0.3, 0.4) is 0 Å². The van der Waals surface area contributed by atoms with Crippen LogP contribution in [0.5, 0.6) is 11.5 Å². The van der Waals surface area contributed by atoms with Crippen molar-refractivity contribution in [1.82, 2.24) is 10.3 Å². The normalized spacial score (nSPS) is 15.2.